The first-order valence-corrected chi connectivity index (χ1v) is 11.4. The second kappa shape index (κ2) is 12.9. The predicted molar refractivity (Wildman–Crippen MR) is 125 cm³/mol. The second-order valence-corrected chi connectivity index (χ2v) is 7.75. The Morgan fingerprint density at radius 1 is 1.06 bits per heavy atom. The lowest BCUT2D eigenvalue weighted by molar-refractivity contribution is -0.124. The lowest BCUT2D eigenvalue weighted by atomic mass is 9.93. The predicted octanol–water partition coefficient (Wildman–Crippen LogP) is 4.71. The number of piperidine rings is 1. The Kier molecular flexibility index (Phi) is 10.2. The minimum Gasteiger partial charge on any atom is -0.484 e. The van der Waals surface area contributed by atoms with Gasteiger partial charge in [-0.1, -0.05) is 58.0 Å². The molecule has 5 nitrogen and oxygen atoms in total. The van der Waals surface area contributed by atoms with E-state index in [1.165, 1.54) is 5.56 Å². The topological polar surface area (TPSA) is 58.6 Å². The first kappa shape index (κ1) is 24.6. The Bertz CT molecular complexity index is 805. The molecule has 1 fully saturated rings. The zero-order chi connectivity index (χ0) is 22.6. The van der Waals surface area contributed by atoms with E-state index in [1.807, 2.05) is 26.8 Å². The van der Waals surface area contributed by atoms with E-state index in [0.717, 1.165) is 26.1 Å². The van der Waals surface area contributed by atoms with Crippen LogP contribution in [0.5, 0.6) is 5.75 Å². The van der Waals surface area contributed by atoms with Crippen LogP contribution in [-0.2, 0) is 11.3 Å². The number of nitrogens with one attached hydrogen (secondary N) is 1. The average molecular weight is 425 g/mol. The molecule has 2 atom stereocenters. The first-order chi connectivity index (χ1) is 15.0. The third-order valence-corrected chi connectivity index (χ3v) is 5.45. The summed E-state index contributed by atoms with van der Waals surface area (Å²) in [6.45, 7) is 10.9. The quantitative estimate of drug-likeness (QED) is 0.624. The number of hydrogen-bond donors (Lipinski definition) is 1. The SMILES string of the molecule is CC.CCC(=O)c1ccc(OCC(=O)NC2CCN(Cc3ccccc3)CC2C)cc1. The summed E-state index contributed by atoms with van der Waals surface area (Å²) in [4.78, 5) is 26.4. The van der Waals surface area contributed by atoms with E-state index >= 15 is 0 Å². The molecule has 0 aliphatic carbocycles. The van der Waals surface area contributed by atoms with Crippen molar-refractivity contribution in [2.45, 2.75) is 53.1 Å². The van der Waals surface area contributed by atoms with Gasteiger partial charge in [-0.15, -0.1) is 0 Å². The number of hydrogen-bond acceptors (Lipinski definition) is 4. The molecular formula is C26H36N2O3. The van der Waals surface area contributed by atoms with Crippen molar-refractivity contribution in [2.75, 3.05) is 19.7 Å². The molecule has 0 radical (unpaired) electrons. The second-order valence-electron chi connectivity index (χ2n) is 7.75. The summed E-state index contributed by atoms with van der Waals surface area (Å²) in [6, 6.07) is 17.6. The maximum absolute atomic E-state index is 12.3. The molecule has 31 heavy (non-hydrogen) atoms. The van der Waals surface area contributed by atoms with Gasteiger partial charge in [0.25, 0.3) is 5.91 Å². The number of amides is 1. The highest BCUT2D eigenvalue weighted by atomic mass is 16.5. The zero-order valence-corrected chi connectivity index (χ0v) is 19.3. The molecule has 1 N–H and O–H groups in total. The van der Waals surface area contributed by atoms with Crippen LogP contribution in [-0.4, -0.2) is 42.3 Å². The van der Waals surface area contributed by atoms with Crippen molar-refractivity contribution < 1.29 is 14.3 Å². The maximum atomic E-state index is 12.3. The molecule has 2 aromatic rings. The maximum Gasteiger partial charge on any atom is 0.258 e. The minimum atomic E-state index is -0.105. The van der Waals surface area contributed by atoms with Crippen LogP contribution in [0.25, 0.3) is 0 Å². The fraction of sp³-hybridized carbons (Fsp3) is 0.462. The molecular weight excluding hydrogens is 388 g/mol. The highest BCUT2D eigenvalue weighted by Gasteiger charge is 2.27. The third kappa shape index (κ3) is 7.83. The summed E-state index contributed by atoms with van der Waals surface area (Å²) in [6.07, 6.45) is 1.42. The van der Waals surface area contributed by atoms with Crippen LogP contribution in [0, 0.1) is 5.92 Å². The summed E-state index contributed by atoms with van der Waals surface area (Å²) in [5.41, 5.74) is 1.99. The highest BCUT2D eigenvalue weighted by Crippen LogP contribution is 2.19. The lowest BCUT2D eigenvalue weighted by Crippen LogP contribution is -2.50. The van der Waals surface area contributed by atoms with Gasteiger partial charge in [0.05, 0.1) is 0 Å². The largest absolute Gasteiger partial charge is 0.484 e. The van der Waals surface area contributed by atoms with Crippen molar-refractivity contribution in [1.29, 1.82) is 0 Å². The number of ketones is 1. The van der Waals surface area contributed by atoms with Gasteiger partial charge in [0.1, 0.15) is 5.75 Å². The third-order valence-electron chi connectivity index (χ3n) is 5.45. The van der Waals surface area contributed by atoms with Crippen molar-refractivity contribution in [3.05, 3.63) is 65.7 Å². The van der Waals surface area contributed by atoms with Gasteiger partial charge >= 0.3 is 0 Å². The lowest BCUT2D eigenvalue weighted by Gasteiger charge is -2.37. The summed E-state index contributed by atoms with van der Waals surface area (Å²) in [5.74, 6) is 0.975. The van der Waals surface area contributed by atoms with Crippen LogP contribution in [0.1, 0.15) is 56.5 Å². The molecule has 0 saturated carbocycles. The number of likely N-dealkylation sites (tertiary alicyclic amines) is 1. The number of carbonyl (C=O) groups is 2. The van der Waals surface area contributed by atoms with Gasteiger partial charge in [-0.05, 0) is 42.2 Å². The van der Waals surface area contributed by atoms with Gasteiger partial charge < -0.3 is 10.1 Å². The molecule has 1 aliphatic heterocycles. The standard InChI is InChI=1S/C24H30N2O3.C2H6/c1-3-23(27)20-9-11-21(12-10-20)29-17-24(28)25-22-13-14-26(15-18(22)2)16-19-7-5-4-6-8-19;1-2/h4-12,18,22H,3,13-17H2,1-2H3,(H,25,28);1-2H3. The van der Waals surface area contributed by atoms with Gasteiger partial charge in [0.15, 0.2) is 12.4 Å². The van der Waals surface area contributed by atoms with Crippen molar-refractivity contribution in [3.63, 3.8) is 0 Å². The number of ether oxygens (including phenoxy) is 1. The Morgan fingerprint density at radius 2 is 1.74 bits per heavy atom. The van der Waals surface area contributed by atoms with Crippen molar-refractivity contribution in [1.82, 2.24) is 10.2 Å². The molecule has 3 rings (SSSR count). The molecule has 168 valence electrons. The normalized spacial score (nSPS) is 18.5. The number of Topliss-reactive ketones (excluding diaryl/α,β-unsaturated/α-hetero) is 1. The zero-order valence-electron chi connectivity index (χ0n) is 19.3. The molecule has 0 aromatic heterocycles. The number of nitrogens with zero attached hydrogens (tertiary/aromatic N) is 1. The number of rotatable bonds is 8. The minimum absolute atomic E-state index is 0.0159. The molecule has 0 spiro atoms. The molecule has 5 heteroatoms. The van der Waals surface area contributed by atoms with Crippen molar-refractivity contribution >= 4 is 11.7 Å². The number of benzene rings is 2. The molecule has 1 saturated heterocycles. The van der Waals surface area contributed by atoms with E-state index in [0.29, 0.717) is 23.7 Å². The van der Waals surface area contributed by atoms with E-state index in [4.69, 9.17) is 4.74 Å². The molecule has 1 aliphatic rings. The van der Waals surface area contributed by atoms with E-state index in [-0.39, 0.29) is 24.3 Å². The summed E-state index contributed by atoms with van der Waals surface area (Å²) in [5, 5.41) is 3.12. The molecule has 1 heterocycles. The van der Waals surface area contributed by atoms with Crippen LogP contribution in [0.3, 0.4) is 0 Å². The molecule has 2 aromatic carbocycles. The Hall–Kier alpha value is -2.66. The van der Waals surface area contributed by atoms with Crippen LogP contribution in [0.2, 0.25) is 0 Å². The Labute approximate surface area is 186 Å². The van der Waals surface area contributed by atoms with Crippen molar-refractivity contribution in [3.8, 4) is 5.75 Å². The van der Waals surface area contributed by atoms with E-state index < -0.39 is 0 Å². The first-order valence-electron chi connectivity index (χ1n) is 11.4. The fourth-order valence-corrected chi connectivity index (χ4v) is 3.77. The van der Waals surface area contributed by atoms with Gasteiger partial charge in [-0.3, -0.25) is 14.5 Å². The van der Waals surface area contributed by atoms with E-state index in [1.54, 1.807) is 24.3 Å². The summed E-state index contributed by atoms with van der Waals surface area (Å²) in [7, 11) is 0. The fourth-order valence-electron chi connectivity index (χ4n) is 3.77. The summed E-state index contributed by atoms with van der Waals surface area (Å²) < 4.78 is 5.58. The highest BCUT2D eigenvalue weighted by molar-refractivity contribution is 5.95. The van der Waals surface area contributed by atoms with Gasteiger partial charge in [-0.25, -0.2) is 0 Å². The van der Waals surface area contributed by atoms with Gasteiger partial charge in [-0.2, -0.15) is 0 Å². The van der Waals surface area contributed by atoms with Gasteiger partial charge in [0.2, 0.25) is 0 Å². The Morgan fingerprint density at radius 3 is 2.35 bits per heavy atom. The smallest absolute Gasteiger partial charge is 0.258 e. The van der Waals surface area contributed by atoms with Crippen molar-refractivity contribution in [2.24, 2.45) is 5.92 Å². The molecule has 0 bridgehead atoms. The van der Waals surface area contributed by atoms with Gasteiger partial charge in [0, 0.05) is 37.7 Å². The van der Waals surface area contributed by atoms with Crippen LogP contribution < -0.4 is 10.1 Å². The van der Waals surface area contributed by atoms with E-state index in [9.17, 15) is 9.59 Å². The van der Waals surface area contributed by atoms with Crippen LogP contribution in [0.15, 0.2) is 54.6 Å². The van der Waals surface area contributed by atoms with Crippen LogP contribution >= 0.6 is 0 Å². The monoisotopic (exact) mass is 424 g/mol. The molecule has 2 unspecified atom stereocenters. The summed E-state index contributed by atoms with van der Waals surface area (Å²) >= 11 is 0. The van der Waals surface area contributed by atoms with E-state index in [2.05, 4.69) is 41.4 Å². The Balaban J connectivity index is 0.00000166. The van der Waals surface area contributed by atoms with Crippen LogP contribution in [0.4, 0.5) is 0 Å². The molecule has 1 amide bonds. The average Bonchev–Trinajstić information content (AvgIpc) is 2.81. The number of carbonyl (C=O) groups excluding carboxylic acids is 2.